The maximum atomic E-state index is 11.2. The van der Waals surface area contributed by atoms with Crippen LogP contribution < -0.4 is 0 Å². The number of hydrogen-bond donors (Lipinski definition) is 4. The Morgan fingerprint density at radius 3 is 1.65 bits per heavy atom. The molecule has 0 amide bonds. The van der Waals surface area contributed by atoms with E-state index >= 15 is 0 Å². The van der Waals surface area contributed by atoms with Gasteiger partial charge in [-0.3, -0.25) is 0 Å². The molecule has 0 aliphatic heterocycles. The zero-order valence-corrected chi connectivity index (χ0v) is 10.2. The number of carboxylic acid groups (broad SMARTS) is 2. The van der Waals surface area contributed by atoms with Crippen LogP contribution in [0.5, 0.6) is 0 Å². The van der Waals surface area contributed by atoms with Crippen molar-refractivity contribution in [2.24, 2.45) is 0 Å². The Morgan fingerprint density at radius 2 is 1.35 bits per heavy atom. The van der Waals surface area contributed by atoms with E-state index in [2.05, 4.69) is 23.7 Å². The van der Waals surface area contributed by atoms with Crippen molar-refractivity contribution in [1.82, 2.24) is 0 Å². The van der Waals surface area contributed by atoms with Gasteiger partial charge in [0.15, 0.2) is 0 Å². The molecule has 0 saturated carbocycles. The number of carboxylic acids is 2. The molecule has 0 heterocycles. The molecule has 1 aromatic rings. The molecule has 4 N–H and O–H groups in total. The van der Waals surface area contributed by atoms with Crippen molar-refractivity contribution in [3.05, 3.63) is 34.4 Å². The minimum Gasteiger partial charge on any atom is -0.478 e. The SMILES string of the molecule is O=C(O)c1cc(C#CCO)c(C(=O)O)c(C#CCO)c1. The van der Waals surface area contributed by atoms with Gasteiger partial charge in [0.1, 0.15) is 13.2 Å². The smallest absolute Gasteiger partial charge is 0.338 e. The summed E-state index contributed by atoms with van der Waals surface area (Å²) in [6.45, 7) is -0.984. The van der Waals surface area contributed by atoms with Crippen molar-refractivity contribution in [1.29, 1.82) is 0 Å². The van der Waals surface area contributed by atoms with Gasteiger partial charge < -0.3 is 20.4 Å². The van der Waals surface area contributed by atoms with Crippen LogP contribution in [0.4, 0.5) is 0 Å². The molecule has 0 spiro atoms. The summed E-state index contributed by atoms with van der Waals surface area (Å²) in [5, 5.41) is 35.4. The number of carbonyl (C=O) groups is 2. The quantitative estimate of drug-likeness (QED) is 0.554. The van der Waals surface area contributed by atoms with Gasteiger partial charge in [0, 0.05) is 11.1 Å². The molecule has 0 saturated heterocycles. The average molecular weight is 274 g/mol. The summed E-state index contributed by atoms with van der Waals surface area (Å²) in [5.41, 5.74) is -0.571. The molecule has 102 valence electrons. The number of benzene rings is 1. The number of rotatable bonds is 2. The van der Waals surface area contributed by atoms with E-state index in [1.165, 1.54) is 0 Å². The number of aliphatic hydroxyl groups excluding tert-OH is 2. The minimum atomic E-state index is -1.33. The third-order valence-electron chi connectivity index (χ3n) is 2.20. The van der Waals surface area contributed by atoms with Crippen LogP contribution in [0.1, 0.15) is 31.8 Å². The molecule has 0 atom stereocenters. The average Bonchev–Trinajstić information content (AvgIpc) is 2.41. The lowest BCUT2D eigenvalue weighted by Gasteiger charge is -2.05. The Kier molecular flexibility index (Phi) is 5.31. The second-order valence-electron chi connectivity index (χ2n) is 3.48. The maximum Gasteiger partial charge on any atom is 0.338 e. The number of aromatic carboxylic acids is 2. The van der Waals surface area contributed by atoms with E-state index in [0.29, 0.717) is 0 Å². The van der Waals surface area contributed by atoms with Crippen LogP contribution in [-0.2, 0) is 0 Å². The predicted molar refractivity (Wildman–Crippen MR) is 68.3 cm³/mol. The normalized spacial score (nSPS) is 8.90. The van der Waals surface area contributed by atoms with Crippen LogP contribution in [0.25, 0.3) is 0 Å². The largest absolute Gasteiger partial charge is 0.478 e. The summed E-state index contributed by atoms with van der Waals surface area (Å²) in [5.74, 6) is 6.70. The van der Waals surface area contributed by atoms with E-state index < -0.39 is 25.2 Å². The highest BCUT2D eigenvalue weighted by atomic mass is 16.4. The zero-order chi connectivity index (χ0) is 15.1. The molecule has 1 rings (SSSR count). The lowest BCUT2D eigenvalue weighted by molar-refractivity contribution is 0.0680. The van der Waals surface area contributed by atoms with Gasteiger partial charge in [0.05, 0.1) is 11.1 Å². The Balaban J connectivity index is 3.65. The first kappa shape index (κ1) is 15.3. The van der Waals surface area contributed by atoms with Gasteiger partial charge in [0.2, 0.25) is 0 Å². The summed E-state index contributed by atoms with van der Waals surface area (Å²) in [7, 11) is 0. The predicted octanol–water partition coefficient (Wildman–Crippen LogP) is -0.229. The van der Waals surface area contributed by atoms with E-state index in [0.717, 1.165) is 12.1 Å². The second-order valence-corrected chi connectivity index (χ2v) is 3.48. The minimum absolute atomic E-state index is 0.0614. The van der Waals surface area contributed by atoms with Crippen LogP contribution in [0, 0.1) is 23.7 Å². The van der Waals surface area contributed by atoms with Crippen molar-refractivity contribution in [3.8, 4) is 23.7 Å². The fourth-order valence-electron chi connectivity index (χ4n) is 1.46. The molecule has 6 nitrogen and oxygen atoms in total. The van der Waals surface area contributed by atoms with E-state index in [4.69, 9.17) is 20.4 Å². The molecular formula is C14H10O6. The third-order valence-corrected chi connectivity index (χ3v) is 2.20. The molecule has 0 bridgehead atoms. The fraction of sp³-hybridized carbons (Fsp3) is 0.143. The summed E-state index contributed by atoms with van der Waals surface area (Å²) in [6.07, 6.45) is 0. The Hall–Kier alpha value is -2.80. The van der Waals surface area contributed by atoms with Crippen molar-refractivity contribution in [3.63, 3.8) is 0 Å². The van der Waals surface area contributed by atoms with Gasteiger partial charge in [-0.05, 0) is 12.1 Å². The van der Waals surface area contributed by atoms with Gasteiger partial charge in [0.25, 0.3) is 0 Å². The van der Waals surface area contributed by atoms with Crippen LogP contribution in [0.2, 0.25) is 0 Å². The maximum absolute atomic E-state index is 11.2. The summed E-state index contributed by atoms with van der Waals surface area (Å²) in [4.78, 5) is 22.2. The van der Waals surface area contributed by atoms with Gasteiger partial charge in [-0.1, -0.05) is 23.7 Å². The van der Waals surface area contributed by atoms with E-state index in [1.807, 2.05) is 0 Å². The van der Waals surface area contributed by atoms with Gasteiger partial charge >= 0.3 is 11.9 Å². The molecular weight excluding hydrogens is 264 g/mol. The summed E-state index contributed by atoms with van der Waals surface area (Å²) >= 11 is 0. The Labute approximate surface area is 114 Å². The van der Waals surface area contributed by atoms with Gasteiger partial charge in [-0.15, -0.1) is 0 Å². The molecule has 0 aliphatic carbocycles. The van der Waals surface area contributed by atoms with Crippen LogP contribution in [0.3, 0.4) is 0 Å². The molecule has 0 fully saturated rings. The molecule has 0 aliphatic rings. The first-order chi connectivity index (χ1) is 9.51. The molecule has 1 aromatic carbocycles. The summed E-state index contributed by atoms with van der Waals surface area (Å²) < 4.78 is 0. The van der Waals surface area contributed by atoms with Crippen LogP contribution >= 0.6 is 0 Å². The highest BCUT2D eigenvalue weighted by Crippen LogP contribution is 2.17. The van der Waals surface area contributed by atoms with Crippen LogP contribution in [0.15, 0.2) is 12.1 Å². The van der Waals surface area contributed by atoms with Crippen molar-refractivity contribution in [2.75, 3.05) is 13.2 Å². The molecule has 0 unspecified atom stereocenters. The van der Waals surface area contributed by atoms with E-state index in [-0.39, 0.29) is 22.3 Å². The number of aliphatic hydroxyl groups is 2. The molecule has 0 radical (unpaired) electrons. The third kappa shape index (κ3) is 3.59. The highest BCUT2D eigenvalue weighted by Gasteiger charge is 2.17. The molecule has 20 heavy (non-hydrogen) atoms. The lowest BCUT2D eigenvalue weighted by Crippen LogP contribution is -2.08. The first-order valence-electron chi connectivity index (χ1n) is 5.35. The monoisotopic (exact) mass is 274 g/mol. The van der Waals surface area contributed by atoms with E-state index in [9.17, 15) is 9.59 Å². The Morgan fingerprint density at radius 1 is 0.900 bits per heavy atom. The number of hydrogen-bond acceptors (Lipinski definition) is 4. The first-order valence-corrected chi connectivity index (χ1v) is 5.35. The second kappa shape index (κ2) is 6.95. The van der Waals surface area contributed by atoms with Crippen molar-refractivity contribution < 1.29 is 30.0 Å². The summed E-state index contributed by atoms with van der Waals surface area (Å²) in [6, 6.07) is 2.19. The Bertz CT molecular complexity index is 623. The standard InChI is InChI=1S/C14H10O6/c15-5-1-3-9-7-11(13(17)18)8-10(4-2-6-16)12(9)14(19)20/h7-8,15-16H,5-6H2,(H,17,18)(H,19,20). The topological polar surface area (TPSA) is 115 Å². The molecule has 0 aromatic heterocycles. The molecule has 6 heteroatoms. The van der Waals surface area contributed by atoms with Crippen molar-refractivity contribution in [2.45, 2.75) is 0 Å². The van der Waals surface area contributed by atoms with Crippen molar-refractivity contribution >= 4 is 11.9 Å². The highest BCUT2D eigenvalue weighted by molar-refractivity contribution is 5.97. The van der Waals surface area contributed by atoms with Crippen LogP contribution in [-0.4, -0.2) is 45.6 Å². The fourth-order valence-corrected chi connectivity index (χ4v) is 1.46. The zero-order valence-electron chi connectivity index (χ0n) is 10.2. The van der Waals surface area contributed by atoms with Gasteiger partial charge in [-0.2, -0.15) is 0 Å². The van der Waals surface area contributed by atoms with Gasteiger partial charge in [-0.25, -0.2) is 9.59 Å². The lowest BCUT2D eigenvalue weighted by atomic mass is 9.97. The van der Waals surface area contributed by atoms with E-state index in [1.54, 1.807) is 0 Å².